The minimum Gasteiger partial charge on any atom is -0.493 e. The number of fused-ring (bicyclic) bond motifs is 1. The van der Waals surface area contributed by atoms with Crippen LogP contribution in [0.15, 0.2) is 23.0 Å². The highest BCUT2D eigenvalue weighted by Crippen LogP contribution is 2.32. The van der Waals surface area contributed by atoms with Gasteiger partial charge < -0.3 is 14.5 Å². The zero-order valence-corrected chi connectivity index (χ0v) is 12.3. The van der Waals surface area contributed by atoms with Gasteiger partial charge in [0.15, 0.2) is 11.5 Å². The van der Waals surface area contributed by atoms with Gasteiger partial charge in [-0.25, -0.2) is 0 Å². The lowest BCUT2D eigenvalue weighted by Gasteiger charge is -2.11. The molecular weight excluding hydrogens is 254 g/mol. The van der Waals surface area contributed by atoms with Gasteiger partial charge in [-0.05, 0) is 24.5 Å². The molecule has 0 saturated heterocycles. The third-order valence-corrected chi connectivity index (χ3v) is 3.48. The minimum absolute atomic E-state index is 0.0729. The van der Waals surface area contributed by atoms with E-state index in [1.54, 1.807) is 20.3 Å². The molecule has 1 aromatic carbocycles. The highest BCUT2D eigenvalue weighted by atomic mass is 16.5. The van der Waals surface area contributed by atoms with Gasteiger partial charge in [-0.15, -0.1) is 0 Å². The van der Waals surface area contributed by atoms with E-state index in [-0.39, 0.29) is 5.56 Å². The second-order valence-electron chi connectivity index (χ2n) is 4.87. The van der Waals surface area contributed by atoms with Crippen LogP contribution in [-0.4, -0.2) is 19.2 Å². The zero-order valence-electron chi connectivity index (χ0n) is 12.3. The summed E-state index contributed by atoms with van der Waals surface area (Å²) in [5.74, 6) is 1.31. The van der Waals surface area contributed by atoms with Crippen molar-refractivity contribution in [1.29, 1.82) is 0 Å². The van der Waals surface area contributed by atoms with Gasteiger partial charge in [0.05, 0.1) is 19.7 Å². The van der Waals surface area contributed by atoms with Crippen LogP contribution in [0.5, 0.6) is 11.5 Å². The Hall–Kier alpha value is -1.97. The first-order valence-electron chi connectivity index (χ1n) is 6.97. The lowest BCUT2D eigenvalue weighted by molar-refractivity contribution is 0.355. The molecule has 2 rings (SSSR count). The Morgan fingerprint density at radius 3 is 2.40 bits per heavy atom. The maximum absolute atomic E-state index is 11.8. The van der Waals surface area contributed by atoms with E-state index < -0.39 is 0 Å². The summed E-state index contributed by atoms with van der Waals surface area (Å²) in [6, 6.07) is 5.44. The van der Waals surface area contributed by atoms with Gasteiger partial charge in [0.2, 0.25) is 5.56 Å². The predicted octanol–water partition coefficient (Wildman–Crippen LogP) is 3.28. The largest absolute Gasteiger partial charge is 0.493 e. The van der Waals surface area contributed by atoms with Gasteiger partial charge >= 0.3 is 0 Å². The number of aromatic amines is 1. The Balaban J connectivity index is 2.53. The molecule has 4 heteroatoms. The maximum atomic E-state index is 11.8. The summed E-state index contributed by atoms with van der Waals surface area (Å²) in [5, 5.41) is 1.03. The van der Waals surface area contributed by atoms with Gasteiger partial charge in [0.1, 0.15) is 0 Å². The second-order valence-corrected chi connectivity index (χ2v) is 4.87. The number of hydrogen-bond acceptors (Lipinski definition) is 3. The number of nitrogens with one attached hydrogen (secondary N) is 1. The Bertz CT molecular complexity index is 646. The van der Waals surface area contributed by atoms with E-state index in [1.165, 1.54) is 6.42 Å². The topological polar surface area (TPSA) is 51.3 Å². The Kier molecular flexibility index (Phi) is 4.66. The number of aromatic nitrogens is 1. The fourth-order valence-corrected chi connectivity index (χ4v) is 2.43. The molecule has 0 amide bonds. The summed E-state index contributed by atoms with van der Waals surface area (Å²) in [7, 11) is 3.21. The maximum Gasteiger partial charge on any atom is 0.248 e. The van der Waals surface area contributed by atoms with E-state index in [1.807, 2.05) is 12.1 Å². The lowest BCUT2D eigenvalue weighted by atomic mass is 10.0. The third kappa shape index (κ3) is 2.95. The predicted molar refractivity (Wildman–Crippen MR) is 80.9 cm³/mol. The Morgan fingerprint density at radius 2 is 1.75 bits per heavy atom. The highest BCUT2D eigenvalue weighted by Gasteiger charge is 2.10. The van der Waals surface area contributed by atoms with Crippen LogP contribution in [0.1, 0.15) is 31.7 Å². The molecule has 0 aliphatic rings. The van der Waals surface area contributed by atoms with Gasteiger partial charge in [0, 0.05) is 17.5 Å². The Labute approximate surface area is 118 Å². The van der Waals surface area contributed by atoms with Crippen molar-refractivity contribution < 1.29 is 9.47 Å². The number of benzene rings is 1. The molecule has 0 atom stereocenters. The molecule has 108 valence electrons. The first-order valence-corrected chi connectivity index (χ1v) is 6.97. The molecule has 1 aromatic heterocycles. The molecule has 0 spiro atoms. The summed E-state index contributed by atoms with van der Waals surface area (Å²) in [6.45, 7) is 2.17. The first kappa shape index (κ1) is 14.4. The summed E-state index contributed by atoms with van der Waals surface area (Å²) in [5.41, 5.74) is 1.79. The molecule has 0 radical (unpaired) electrons. The number of H-pyrrole nitrogens is 1. The molecule has 0 aliphatic carbocycles. The van der Waals surface area contributed by atoms with E-state index in [9.17, 15) is 4.79 Å². The summed E-state index contributed by atoms with van der Waals surface area (Å²) in [6.07, 6.45) is 4.33. The fourth-order valence-electron chi connectivity index (χ4n) is 2.43. The number of rotatable bonds is 6. The van der Waals surface area contributed by atoms with Gasteiger partial charge in [-0.1, -0.05) is 19.8 Å². The van der Waals surface area contributed by atoms with Crippen molar-refractivity contribution in [3.8, 4) is 11.5 Å². The summed E-state index contributed by atoms with van der Waals surface area (Å²) >= 11 is 0. The number of ether oxygens (including phenoxy) is 2. The van der Waals surface area contributed by atoms with Crippen LogP contribution in [-0.2, 0) is 6.42 Å². The zero-order chi connectivity index (χ0) is 14.5. The standard InChI is InChI=1S/C16H21NO3/c1-4-5-6-7-11-8-16(18)17-13-10-15(20-3)14(19-2)9-12(11)13/h8-10H,4-7H2,1-3H3,(H,17,18). The number of pyridine rings is 1. The van der Waals surface area contributed by atoms with Gasteiger partial charge in [-0.3, -0.25) is 4.79 Å². The first-order chi connectivity index (χ1) is 9.69. The van der Waals surface area contributed by atoms with Crippen molar-refractivity contribution in [3.63, 3.8) is 0 Å². The van der Waals surface area contributed by atoms with E-state index in [0.717, 1.165) is 35.7 Å². The van der Waals surface area contributed by atoms with Crippen LogP contribution in [0.2, 0.25) is 0 Å². The smallest absolute Gasteiger partial charge is 0.248 e. The number of methoxy groups -OCH3 is 2. The fraction of sp³-hybridized carbons (Fsp3) is 0.438. The molecule has 0 unspecified atom stereocenters. The minimum atomic E-state index is -0.0729. The molecule has 0 aliphatic heterocycles. The number of unbranched alkanes of at least 4 members (excludes halogenated alkanes) is 2. The average Bonchev–Trinajstić information content (AvgIpc) is 2.45. The van der Waals surface area contributed by atoms with Crippen molar-refractivity contribution in [3.05, 3.63) is 34.1 Å². The molecule has 0 fully saturated rings. The van der Waals surface area contributed by atoms with Crippen LogP contribution in [0.3, 0.4) is 0 Å². The van der Waals surface area contributed by atoms with Crippen molar-refractivity contribution >= 4 is 10.9 Å². The summed E-state index contributed by atoms with van der Waals surface area (Å²) in [4.78, 5) is 14.6. The number of hydrogen-bond donors (Lipinski definition) is 1. The van der Waals surface area contributed by atoms with Gasteiger partial charge in [-0.2, -0.15) is 0 Å². The normalized spacial score (nSPS) is 10.8. The van der Waals surface area contributed by atoms with Gasteiger partial charge in [0.25, 0.3) is 0 Å². The lowest BCUT2D eigenvalue weighted by Crippen LogP contribution is -2.07. The van der Waals surface area contributed by atoms with Crippen molar-refractivity contribution in [2.24, 2.45) is 0 Å². The quantitative estimate of drug-likeness (QED) is 0.823. The van der Waals surface area contributed by atoms with Crippen LogP contribution >= 0.6 is 0 Å². The second kappa shape index (κ2) is 6.46. The van der Waals surface area contributed by atoms with Crippen molar-refractivity contribution in [1.82, 2.24) is 4.98 Å². The van der Waals surface area contributed by atoms with E-state index >= 15 is 0 Å². The summed E-state index contributed by atoms with van der Waals surface area (Å²) < 4.78 is 10.6. The number of aryl methyl sites for hydroxylation is 1. The molecule has 20 heavy (non-hydrogen) atoms. The molecule has 0 bridgehead atoms. The SMILES string of the molecule is CCCCCc1cc(=O)[nH]c2cc(OC)c(OC)cc12. The van der Waals surface area contributed by atoms with Crippen LogP contribution in [0.4, 0.5) is 0 Å². The van der Waals surface area contributed by atoms with Crippen molar-refractivity contribution in [2.75, 3.05) is 14.2 Å². The van der Waals surface area contributed by atoms with Crippen LogP contribution in [0, 0.1) is 0 Å². The van der Waals surface area contributed by atoms with E-state index in [4.69, 9.17) is 9.47 Å². The monoisotopic (exact) mass is 275 g/mol. The third-order valence-electron chi connectivity index (χ3n) is 3.48. The molecule has 0 saturated carbocycles. The Morgan fingerprint density at radius 1 is 1.05 bits per heavy atom. The van der Waals surface area contributed by atoms with E-state index in [2.05, 4.69) is 11.9 Å². The molecular formula is C16H21NO3. The van der Waals surface area contributed by atoms with Crippen molar-refractivity contribution in [2.45, 2.75) is 32.6 Å². The van der Waals surface area contributed by atoms with Crippen LogP contribution in [0.25, 0.3) is 10.9 Å². The molecule has 2 aromatic rings. The molecule has 1 N–H and O–H groups in total. The van der Waals surface area contributed by atoms with Crippen LogP contribution < -0.4 is 15.0 Å². The van der Waals surface area contributed by atoms with E-state index in [0.29, 0.717) is 11.5 Å². The molecule has 1 heterocycles. The average molecular weight is 275 g/mol. The molecule has 4 nitrogen and oxygen atoms in total. The highest BCUT2D eigenvalue weighted by molar-refractivity contribution is 5.85.